The highest BCUT2D eigenvalue weighted by atomic mass is 16.3. The second kappa shape index (κ2) is 19.2. The van der Waals surface area contributed by atoms with Crippen molar-refractivity contribution < 1.29 is 5.11 Å². The van der Waals surface area contributed by atoms with E-state index >= 15 is 0 Å². The first-order chi connectivity index (χ1) is 34.1. The molecule has 0 aliphatic carbocycles. The molecule has 0 saturated heterocycles. The number of hydrogen-bond acceptors (Lipinski definition) is 5. The number of aromatic hydroxyl groups is 1. The molecular weight excluding hydrogens is 877 g/mol. The number of anilines is 3. The summed E-state index contributed by atoms with van der Waals surface area (Å²) in [6, 6.07) is 64.6. The number of nitrogens with zero attached hydrogens (tertiary/aromatic N) is 4. The van der Waals surface area contributed by atoms with Gasteiger partial charge in [0.25, 0.3) is 0 Å². The first-order valence-electron chi connectivity index (χ1n) is 25.2. The van der Waals surface area contributed by atoms with E-state index < -0.39 is 0 Å². The molecule has 0 amide bonds. The largest absolute Gasteiger partial charge is 0.507 e. The van der Waals surface area contributed by atoms with Crippen LogP contribution in [0.4, 0.5) is 17.2 Å². The smallest absolute Gasteiger partial charge is 0.138 e. The van der Waals surface area contributed by atoms with Crippen LogP contribution in [0.15, 0.2) is 188 Å². The first-order valence-corrected chi connectivity index (χ1v) is 25.2. The quantitative estimate of drug-likeness (QED) is 0.156. The van der Waals surface area contributed by atoms with E-state index in [0.717, 1.165) is 78.3 Å². The van der Waals surface area contributed by atoms with Crippen LogP contribution >= 0.6 is 0 Å². The number of aromatic nitrogens is 3. The van der Waals surface area contributed by atoms with E-state index in [9.17, 15) is 5.11 Å². The molecule has 0 aliphatic heterocycles. The predicted octanol–water partition coefficient (Wildman–Crippen LogP) is 18.2. The molecule has 0 atom stereocenters. The molecule has 0 spiro atoms. The molecule has 0 unspecified atom stereocenters. The van der Waals surface area contributed by atoms with Crippen molar-refractivity contribution in [3.63, 3.8) is 0 Å². The van der Waals surface area contributed by atoms with Crippen LogP contribution in [0.2, 0.25) is 0 Å². The lowest BCUT2D eigenvalue weighted by molar-refractivity contribution is 0.446. The summed E-state index contributed by atoms with van der Waals surface area (Å²) in [7, 11) is 0. The lowest BCUT2D eigenvalue weighted by atomic mass is 9.78. The third-order valence-corrected chi connectivity index (χ3v) is 13.7. The van der Waals surface area contributed by atoms with Gasteiger partial charge in [-0.3, -0.25) is 4.90 Å². The van der Waals surface area contributed by atoms with E-state index in [1.807, 2.05) is 24.4 Å². The van der Waals surface area contributed by atoms with Gasteiger partial charge in [0.15, 0.2) is 0 Å². The van der Waals surface area contributed by atoms with Crippen LogP contribution < -0.4 is 4.90 Å². The van der Waals surface area contributed by atoms with Crippen LogP contribution in [0.25, 0.3) is 67.0 Å². The van der Waals surface area contributed by atoms with Gasteiger partial charge in [-0.15, -0.1) is 0 Å². The fourth-order valence-corrected chi connectivity index (χ4v) is 9.34. The van der Waals surface area contributed by atoms with E-state index in [1.54, 1.807) is 0 Å². The maximum atomic E-state index is 12.7. The Hall–Kier alpha value is -7.63. The zero-order valence-corrected chi connectivity index (χ0v) is 44.1. The van der Waals surface area contributed by atoms with Gasteiger partial charge in [0, 0.05) is 33.5 Å². The molecule has 5 nitrogen and oxygen atoms in total. The Morgan fingerprint density at radius 1 is 0.375 bits per heavy atom. The van der Waals surface area contributed by atoms with Gasteiger partial charge >= 0.3 is 0 Å². The molecule has 362 valence electrons. The lowest BCUT2D eigenvalue weighted by Crippen LogP contribution is -2.17. The van der Waals surface area contributed by atoms with Crippen molar-refractivity contribution in [3.8, 4) is 72.8 Å². The van der Waals surface area contributed by atoms with Crippen LogP contribution in [-0.2, 0) is 21.7 Å². The van der Waals surface area contributed by atoms with Gasteiger partial charge in [-0.2, -0.15) is 10.2 Å². The molecule has 0 radical (unpaired) electrons. The van der Waals surface area contributed by atoms with Gasteiger partial charge in [-0.1, -0.05) is 217 Å². The summed E-state index contributed by atoms with van der Waals surface area (Å²) < 4.78 is 0. The van der Waals surface area contributed by atoms with Crippen molar-refractivity contribution >= 4 is 17.2 Å². The van der Waals surface area contributed by atoms with Crippen LogP contribution in [0, 0.1) is 0 Å². The summed E-state index contributed by atoms with van der Waals surface area (Å²) in [4.78, 5) is 8.06. The first kappa shape index (κ1) is 49.4. The maximum Gasteiger partial charge on any atom is 0.138 e. The van der Waals surface area contributed by atoms with Crippen molar-refractivity contribution in [3.05, 3.63) is 210 Å². The Morgan fingerprint density at radius 2 is 0.861 bits per heavy atom. The fraction of sp³-hybridized carbons (Fsp3) is 0.239. The maximum absolute atomic E-state index is 12.7. The average Bonchev–Trinajstić information content (AvgIpc) is 3.36. The summed E-state index contributed by atoms with van der Waals surface area (Å²) in [6.07, 6.45) is 1.83. The number of hydrogen-bond donors (Lipinski definition) is 1. The van der Waals surface area contributed by atoms with Crippen molar-refractivity contribution in [2.75, 3.05) is 4.90 Å². The monoisotopic (exact) mass is 945 g/mol. The van der Waals surface area contributed by atoms with Gasteiger partial charge < -0.3 is 5.11 Å². The number of phenolic OH excluding ortho intramolecular Hbond substituents is 1. The lowest BCUT2D eigenvalue weighted by Gasteiger charge is -2.30. The molecule has 0 bridgehead atoms. The standard InChI is InChI=1S/C67H68N4O/c1-64(2,3)52-33-48(34-53(40-52)65(4,5)6)49-37-60(57-41-54(66(7,8)9)42-58(63(57)72)67(10,11)12)69-62(39-49)71(61-31-23-22-30-56(61)46-28-20-15-21-29-46)55-35-47(44-24-16-13-17-25-44)32-50(36-55)59-38-51(43-68-70-59)45-26-18-14-19-27-45/h13-43,72H,1-12H3. The summed E-state index contributed by atoms with van der Waals surface area (Å²) in [5, 5.41) is 22.0. The van der Waals surface area contributed by atoms with Crippen molar-refractivity contribution in [2.24, 2.45) is 0 Å². The van der Waals surface area contributed by atoms with Crippen molar-refractivity contribution in [1.82, 2.24) is 15.2 Å². The fourth-order valence-electron chi connectivity index (χ4n) is 9.34. The van der Waals surface area contributed by atoms with E-state index in [2.05, 4.69) is 257 Å². The molecule has 1 N–H and O–H groups in total. The molecule has 2 heterocycles. The number of rotatable bonds is 9. The van der Waals surface area contributed by atoms with Gasteiger partial charge in [-0.05, 0) is 120 Å². The molecule has 9 aromatic rings. The highest BCUT2D eigenvalue weighted by Gasteiger charge is 2.29. The molecule has 0 aliphatic rings. The number of para-hydroxylation sites is 1. The van der Waals surface area contributed by atoms with Gasteiger partial charge in [0.1, 0.15) is 11.6 Å². The molecule has 5 heteroatoms. The Kier molecular flexibility index (Phi) is 13.1. The summed E-state index contributed by atoms with van der Waals surface area (Å²) in [6.45, 7) is 26.9. The van der Waals surface area contributed by atoms with E-state index in [4.69, 9.17) is 10.1 Å². The van der Waals surface area contributed by atoms with Gasteiger partial charge in [0.2, 0.25) is 0 Å². The number of pyridine rings is 1. The van der Waals surface area contributed by atoms with E-state index in [0.29, 0.717) is 17.1 Å². The normalized spacial score (nSPS) is 12.2. The highest BCUT2D eigenvalue weighted by molar-refractivity contribution is 5.92. The zero-order chi connectivity index (χ0) is 51.2. The summed E-state index contributed by atoms with van der Waals surface area (Å²) >= 11 is 0. The second-order valence-electron chi connectivity index (χ2n) is 23.4. The number of phenols is 1. The SMILES string of the molecule is CC(C)(C)c1cc(-c2cc(-c3cc(C(C)(C)C)cc(C(C)(C)C)c3O)nc(N(c3cc(-c4ccccc4)cc(-c4cc(-c5ccccc5)cnn4)c3)c3ccccc3-c3ccccc3)c2)cc(C(C)(C)C)c1. The molecular formula is C67H68N4O. The van der Waals surface area contributed by atoms with Crippen LogP contribution in [0.3, 0.4) is 0 Å². The molecule has 0 saturated carbocycles. The van der Waals surface area contributed by atoms with Crippen LogP contribution in [-0.4, -0.2) is 20.3 Å². The third kappa shape index (κ3) is 10.5. The van der Waals surface area contributed by atoms with Crippen LogP contribution in [0.5, 0.6) is 5.75 Å². The molecule has 2 aromatic heterocycles. The van der Waals surface area contributed by atoms with E-state index in [-0.39, 0.29) is 27.4 Å². The van der Waals surface area contributed by atoms with Crippen LogP contribution in [0.1, 0.15) is 105 Å². The average molecular weight is 945 g/mol. The minimum atomic E-state index is -0.348. The minimum Gasteiger partial charge on any atom is -0.507 e. The number of benzene rings is 7. The highest BCUT2D eigenvalue weighted by Crippen LogP contribution is 2.48. The topological polar surface area (TPSA) is 62.1 Å². The second-order valence-corrected chi connectivity index (χ2v) is 23.4. The molecule has 72 heavy (non-hydrogen) atoms. The Labute approximate surface area is 428 Å². The molecule has 7 aromatic carbocycles. The Bertz CT molecular complexity index is 3350. The van der Waals surface area contributed by atoms with Crippen molar-refractivity contribution in [2.45, 2.75) is 105 Å². The van der Waals surface area contributed by atoms with E-state index in [1.165, 1.54) is 11.1 Å². The molecule has 0 fully saturated rings. The summed E-state index contributed by atoms with van der Waals surface area (Å²) in [5.41, 5.74) is 16.9. The predicted molar refractivity (Wildman–Crippen MR) is 304 cm³/mol. The zero-order valence-electron chi connectivity index (χ0n) is 44.1. The Morgan fingerprint density at radius 3 is 1.44 bits per heavy atom. The van der Waals surface area contributed by atoms with Gasteiger partial charge in [0.05, 0.1) is 23.3 Å². The third-order valence-electron chi connectivity index (χ3n) is 13.7. The minimum absolute atomic E-state index is 0.120. The van der Waals surface area contributed by atoms with Crippen molar-refractivity contribution in [1.29, 1.82) is 0 Å². The Balaban J connectivity index is 1.42. The molecule has 9 rings (SSSR count). The summed E-state index contributed by atoms with van der Waals surface area (Å²) in [5.74, 6) is 0.939. The van der Waals surface area contributed by atoms with Gasteiger partial charge in [-0.25, -0.2) is 4.98 Å².